The number of amides is 3. The maximum Gasteiger partial charge on any atom is 0.338 e. The molecule has 0 bridgehead atoms. The van der Waals surface area contributed by atoms with Gasteiger partial charge in [-0.25, -0.2) is 14.6 Å². The lowest BCUT2D eigenvalue weighted by Gasteiger charge is -2.06. The SMILES string of the molecule is COCCNC(=O)NC(=O)CSc1ncccc1C(=O)O. The van der Waals surface area contributed by atoms with E-state index in [-0.39, 0.29) is 22.9 Å². The Balaban J connectivity index is 2.43. The number of nitrogens with zero attached hydrogens (tertiary/aromatic N) is 1. The third-order valence-corrected chi connectivity index (χ3v) is 3.19. The number of carbonyl (C=O) groups excluding carboxylic acids is 2. The number of imide groups is 1. The number of thioether (sulfide) groups is 1. The molecule has 3 amide bonds. The second-order valence-electron chi connectivity index (χ2n) is 3.75. The molecule has 0 radical (unpaired) electrons. The molecule has 3 N–H and O–H groups in total. The maximum absolute atomic E-state index is 11.5. The van der Waals surface area contributed by atoms with Crippen molar-refractivity contribution in [3.05, 3.63) is 23.9 Å². The summed E-state index contributed by atoms with van der Waals surface area (Å²) in [6.45, 7) is 0.623. The van der Waals surface area contributed by atoms with Crippen LogP contribution in [0.5, 0.6) is 0 Å². The molecular formula is C12H15N3O5S. The van der Waals surface area contributed by atoms with Crippen molar-refractivity contribution >= 4 is 29.7 Å². The molecule has 9 heteroatoms. The van der Waals surface area contributed by atoms with Crippen molar-refractivity contribution in [2.45, 2.75) is 5.03 Å². The first-order valence-corrected chi connectivity index (χ1v) is 6.91. The van der Waals surface area contributed by atoms with Crippen molar-refractivity contribution < 1.29 is 24.2 Å². The summed E-state index contributed by atoms with van der Waals surface area (Å²) >= 11 is 0.945. The lowest BCUT2D eigenvalue weighted by atomic mass is 10.3. The highest BCUT2D eigenvalue weighted by Gasteiger charge is 2.13. The molecule has 1 heterocycles. The summed E-state index contributed by atoms with van der Waals surface area (Å²) in [6, 6.07) is 2.27. The van der Waals surface area contributed by atoms with E-state index in [0.29, 0.717) is 6.61 Å². The van der Waals surface area contributed by atoms with E-state index < -0.39 is 17.9 Å². The Morgan fingerprint density at radius 1 is 1.43 bits per heavy atom. The molecule has 0 atom stereocenters. The first kappa shape index (κ1) is 16.9. The predicted molar refractivity (Wildman–Crippen MR) is 75.3 cm³/mol. The van der Waals surface area contributed by atoms with E-state index in [0.717, 1.165) is 11.8 Å². The summed E-state index contributed by atoms with van der Waals surface area (Å²) in [4.78, 5) is 37.7. The third kappa shape index (κ3) is 6.23. The van der Waals surface area contributed by atoms with E-state index in [4.69, 9.17) is 9.84 Å². The normalized spacial score (nSPS) is 9.95. The van der Waals surface area contributed by atoms with Gasteiger partial charge in [0.1, 0.15) is 5.03 Å². The van der Waals surface area contributed by atoms with E-state index in [1.165, 1.54) is 25.4 Å². The fourth-order valence-corrected chi connectivity index (χ4v) is 2.06. The number of pyridine rings is 1. The smallest absolute Gasteiger partial charge is 0.338 e. The number of methoxy groups -OCH3 is 1. The predicted octanol–water partition coefficient (Wildman–Crippen LogP) is 0.344. The second-order valence-corrected chi connectivity index (χ2v) is 4.71. The van der Waals surface area contributed by atoms with Crippen LogP contribution in [0.15, 0.2) is 23.4 Å². The average molecular weight is 313 g/mol. The zero-order chi connectivity index (χ0) is 15.7. The van der Waals surface area contributed by atoms with Gasteiger partial charge in [-0.1, -0.05) is 11.8 Å². The minimum atomic E-state index is -1.12. The molecule has 0 aliphatic carbocycles. The molecule has 21 heavy (non-hydrogen) atoms. The van der Waals surface area contributed by atoms with Gasteiger partial charge in [0.15, 0.2) is 0 Å². The van der Waals surface area contributed by atoms with Crippen LogP contribution in [0.2, 0.25) is 0 Å². The quantitative estimate of drug-likeness (QED) is 0.491. The summed E-state index contributed by atoms with van der Waals surface area (Å²) in [6.07, 6.45) is 1.43. The van der Waals surface area contributed by atoms with Crippen LogP contribution in [0.25, 0.3) is 0 Å². The molecule has 0 aliphatic rings. The van der Waals surface area contributed by atoms with Gasteiger partial charge in [-0.05, 0) is 12.1 Å². The van der Waals surface area contributed by atoms with Gasteiger partial charge in [0.05, 0.1) is 17.9 Å². The zero-order valence-electron chi connectivity index (χ0n) is 11.3. The van der Waals surface area contributed by atoms with Gasteiger partial charge in [-0.15, -0.1) is 0 Å². The number of hydrogen-bond donors (Lipinski definition) is 3. The maximum atomic E-state index is 11.5. The summed E-state index contributed by atoms with van der Waals surface area (Å²) < 4.78 is 4.74. The molecule has 0 aromatic carbocycles. The number of rotatable bonds is 7. The van der Waals surface area contributed by atoms with Crippen molar-refractivity contribution in [2.75, 3.05) is 26.0 Å². The summed E-state index contributed by atoms with van der Waals surface area (Å²) in [5, 5.41) is 13.7. The van der Waals surface area contributed by atoms with E-state index >= 15 is 0 Å². The molecule has 1 aromatic heterocycles. The van der Waals surface area contributed by atoms with Crippen LogP contribution in [0.4, 0.5) is 4.79 Å². The third-order valence-electron chi connectivity index (χ3n) is 2.19. The van der Waals surface area contributed by atoms with Crippen molar-refractivity contribution in [2.24, 2.45) is 0 Å². The van der Waals surface area contributed by atoms with Crippen LogP contribution in [0.3, 0.4) is 0 Å². The Morgan fingerprint density at radius 3 is 2.86 bits per heavy atom. The van der Waals surface area contributed by atoms with Gasteiger partial charge >= 0.3 is 12.0 Å². The van der Waals surface area contributed by atoms with Crippen LogP contribution in [-0.4, -0.2) is 54.0 Å². The van der Waals surface area contributed by atoms with Crippen LogP contribution < -0.4 is 10.6 Å². The van der Waals surface area contributed by atoms with Crippen LogP contribution in [0.1, 0.15) is 10.4 Å². The van der Waals surface area contributed by atoms with E-state index in [1.807, 2.05) is 0 Å². The van der Waals surface area contributed by atoms with Crippen LogP contribution in [-0.2, 0) is 9.53 Å². The molecule has 0 saturated carbocycles. The van der Waals surface area contributed by atoms with E-state index in [9.17, 15) is 14.4 Å². The Morgan fingerprint density at radius 2 is 2.19 bits per heavy atom. The Hall–Kier alpha value is -2.13. The molecule has 8 nitrogen and oxygen atoms in total. The molecule has 1 aromatic rings. The van der Waals surface area contributed by atoms with E-state index in [1.54, 1.807) is 0 Å². The number of carboxylic acid groups (broad SMARTS) is 1. The van der Waals surface area contributed by atoms with Gasteiger partial charge < -0.3 is 15.2 Å². The highest BCUT2D eigenvalue weighted by atomic mass is 32.2. The lowest BCUT2D eigenvalue weighted by Crippen LogP contribution is -2.41. The second kappa shape index (κ2) is 8.93. The van der Waals surface area contributed by atoms with Crippen molar-refractivity contribution in [3.63, 3.8) is 0 Å². The minimum Gasteiger partial charge on any atom is -0.478 e. The Kier molecular flexibility index (Phi) is 7.19. The number of aromatic carboxylic acids is 1. The highest BCUT2D eigenvalue weighted by Crippen LogP contribution is 2.19. The summed E-state index contributed by atoms with van der Waals surface area (Å²) in [5.74, 6) is -1.78. The number of carboxylic acids is 1. The molecule has 0 aliphatic heterocycles. The molecule has 0 unspecified atom stereocenters. The zero-order valence-corrected chi connectivity index (χ0v) is 12.1. The van der Waals surface area contributed by atoms with Crippen molar-refractivity contribution in [1.82, 2.24) is 15.6 Å². The molecule has 0 saturated heterocycles. The van der Waals surface area contributed by atoms with Gasteiger partial charge in [0, 0.05) is 19.9 Å². The number of aromatic nitrogens is 1. The molecule has 1 rings (SSSR count). The Bertz CT molecular complexity index is 523. The molecule has 0 fully saturated rings. The average Bonchev–Trinajstić information content (AvgIpc) is 2.45. The Labute approximate surface area is 125 Å². The van der Waals surface area contributed by atoms with Crippen molar-refractivity contribution in [1.29, 1.82) is 0 Å². The summed E-state index contributed by atoms with van der Waals surface area (Å²) in [7, 11) is 1.49. The van der Waals surface area contributed by atoms with Crippen molar-refractivity contribution in [3.8, 4) is 0 Å². The number of hydrogen-bond acceptors (Lipinski definition) is 6. The monoisotopic (exact) mass is 313 g/mol. The fraction of sp³-hybridized carbons (Fsp3) is 0.333. The van der Waals surface area contributed by atoms with Gasteiger partial charge in [-0.2, -0.15) is 0 Å². The number of ether oxygens (including phenoxy) is 1. The largest absolute Gasteiger partial charge is 0.478 e. The lowest BCUT2D eigenvalue weighted by molar-refractivity contribution is -0.117. The molecular weight excluding hydrogens is 298 g/mol. The standard InChI is InChI=1S/C12H15N3O5S/c1-20-6-5-14-12(19)15-9(16)7-21-10-8(11(17)18)3-2-4-13-10/h2-4H,5-7H2,1H3,(H,17,18)(H2,14,15,16,19). The van der Waals surface area contributed by atoms with E-state index in [2.05, 4.69) is 15.6 Å². The molecule has 114 valence electrons. The number of urea groups is 1. The fourth-order valence-electron chi connectivity index (χ4n) is 1.28. The van der Waals surface area contributed by atoms with Crippen LogP contribution >= 0.6 is 11.8 Å². The highest BCUT2D eigenvalue weighted by molar-refractivity contribution is 8.00. The summed E-state index contributed by atoms with van der Waals surface area (Å²) in [5.41, 5.74) is 0.0137. The topological polar surface area (TPSA) is 118 Å². The molecule has 0 spiro atoms. The first-order chi connectivity index (χ1) is 10.0. The van der Waals surface area contributed by atoms with Gasteiger partial charge in [-0.3, -0.25) is 10.1 Å². The van der Waals surface area contributed by atoms with Gasteiger partial charge in [0.2, 0.25) is 5.91 Å². The first-order valence-electron chi connectivity index (χ1n) is 5.92. The minimum absolute atomic E-state index is 0.0137. The van der Waals surface area contributed by atoms with Gasteiger partial charge in [0.25, 0.3) is 0 Å². The number of carbonyl (C=O) groups is 3. The number of nitrogens with one attached hydrogen (secondary N) is 2. The van der Waals surface area contributed by atoms with Crippen LogP contribution in [0, 0.1) is 0 Å².